The summed E-state index contributed by atoms with van der Waals surface area (Å²) < 4.78 is 22.4. The van der Waals surface area contributed by atoms with E-state index in [9.17, 15) is 9.59 Å². The Hall–Kier alpha value is -6.22. The second kappa shape index (κ2) is 22.1. The highest BCUT2D eigenvalue weighted by Gasteiger charge is 2.42. The Balaban J connectivity index is 1.02. The van der Waals surface area contributed by atoms with Crippen LogP contribution in [0.3, 0.4) is 0 Å². The first-order valence-electron chi connectivity index (χ1n) is 22.6. The molecule has 0 bridgehead atoms. The average molecular weight is 903 g/mol. The van der Waals surface area contributed by atoms with E-state index in [-0.39, 0.29) is 30.2 Å². The van der Waals surface area contributed by atoms with Gasteiger partial charge in [0.15, 0.2) is 0 Å². The number of hydrogen-bond acceptors (Lipinski definition) is 8. The van der Waals surface area contributed by atoms with E-state index in [4.69, 9.17) is 18.9 Å². The molecule has 0 radical (unpaired) electrons. The number of fused-ring (bicyclic) bond motifs is 3. The lowest BCUT2D eigenvalue weighted by Crippen LogP contribution is -2.25. The molecule has 0 aliphatic heterocycles. The van der Waals surface area contributed by atoms with Gasteiger partial charge in [0.05, 0.1) is 13.2 Å². The molecule has 1 aliphatic rings. The van der Waals surface area contributed by atoms with E-state index in [2.05, 4.69) is 125 Å². The van der Waals surface area contributed by atoms with Gasteiger partial charge in [-0.15, -0.1) is 22.7 Å². The third-order valence-electron chi connectivity index (χ3n) is 11.8. The van der Waals surface area contributed by atoms with E-state index >= 15 is 0 Å². The first kappa shape index (κ1) is 46.8. The van der Waals surface area contributed by atoms with Crippen LogP contribution in [-0.4, -0.2) is 37.4 Å². The molecule has 2 heterocycles. The SMILES string of the molecule is C=CC(C=C)OC(=O)CCCOc1ccc(-c2ccc(-c3ccc4c(c3)C(CCC)(CCC)c3cc(-c5ccc(-c6ccc(OCCCC(=O)OC(C=C)C=C)cc6)s5)ccc3-4)s2)cc1. The number of hydrogen-bond donors (Lipinski definition) is 0. The van der Waals surface area contributed by atoms with Crippen molar-refractivity contribution in [2.24, 2.45) is 0 Å². The number of carbonyl (C=O) groups excluding carboxylic acids is 2. The standard InChI is InChI=1S/C57H58O6S2/c1-7-33-57(34-8-2)49-37-41(53-31-29-51(64-53)39-17-23-45(24-18-39)60-35-13-15-55(58)62-43(9-3)10-4)21-27-47(49)48-28-22-42(38-50(48)57)54-32-30-52(65-54)40-19-25-46(26-20-40)61-36-14-16-56(59)63-44(11-5)12-6/h9-12,17-32,37-38,43-44H,3-8,13-16,33-36H2,1-2H3. The van der Waals surface area contributed by atoms with E-state index in [0.29, 0.717) is 26.1 Å². The van der Waals surface area contributed by atoms with Crippen LogP contribution in [0.5, 0.6) is 11.5 Å². The van der Waals surface area contributed by atoms with Crippen LogP contribution < -0.4 is 9.47 Å². The summed E-state index contributed by atoms with van der Waals surface area (Å²) in [5.74, 6) is 0.960. The Labute approximate surface area is 392 Å². The number of rotatable bonds is 24. The van der Waals surface area contributed by atoms with E-state index in [1.807, 2.05) is 46.9 Å². The molecule has 65 heavy (non-hydrogen) atoms. The topological polar surface area (TPSA) is 71.1 Å². The zero-order chi connectivity index (χ0) is 45.8. The fourth-order valence-electron chi connectivity index (χ4n) is 8.67. The van der Waals surface area contributed by atoms with Crippen molar-refractivity contribution in [2.45, 2.75) is 82.8 Å². The fraction of sp³-hybridized carbons (Fsp3) is 0.263. The van der Waals surface area contributed by atoms with Gasteiger partial charge in [0, 0.05) is 37.8 Å². The minimum absolute atomic E-state index is 0.0636. The van der Waals surface area contributed by atoms with Crippen LogP contribution in [0.25, 0.3) is 52.9 Å². The minimum Gasteiger partial charge on any atom is -0.494 e. The zero-order valence-corrected chi connectivity index (χ0v) is 39.2. The highest BCUT2D eigenvalue weighted by Crippen LogP contribution is 2.56. The minimum atomic E-state index is -0.467. The van der Waals surface area contributed by atoms with Gasteiger partial charge in [-0.25, -0.2) is 0 Å². The van der Waals surface area contributed by atoms with Crippen LogP contribution in [0.2, 0.25) is 0 Å². The van der Waals surface area contributed by atoms with Crippen LogP contribution in [0.1, 0.15) is 76.3 Å². The lowest BCUT2D eigenvalue weighted by molar-refractivity contribution is -0.146. The number of carbonyl (C=O) groups is 2. The van der Waals surface area contributed by atoms with Crippen molar-refractivity contribution in [1.82, 2.24) is 0 Å². The quantitative estimate of drug-likeness (QED) is 0.0342. The molecule has 0 saturated heterocycles. The molecular weight excluding hydrogens is 845 g/mol. The average Bonchev–Trinajstić information content (AvgIpc) is 4.09. The molecule has 0 amide bonds. The smallest absolute Gasteiger partial charge is 0.306 e. The van der Waals surface area contributed by atoms with Crippen LogP contribution >= 0.6 is 22.7 Å². The molecule has 0 unspecified atom stereocenters. The third-order valence-corrected chi connectivity index (χ3v) is 14.2. The van der Waals surface area contributed by atoms with Crippen LogP contribution in [-0.2, 0) is 24.5 Å². The molecule has 0 N–H and O–H groups in total. The molecule has 8 heteroatoms. The summed E-state index contributed by atoms with van der Waals surface area (Å²) in [4.78, 5) is 29.0. The maximum atomic E-state index is 12.1. The summed E-state index contributed by atoms with van der Waals surface area (Å²) in [7, 11) is 0. The molecule has 4 aromatic carbocycles. The van der Waals surface area contributed by atoms with Gasteiger partial charge in [-0.05, 0) is 179 Å². The molecule has 2 aromatic heterocycles. The molecule has 7 rings (SSSR count). The van der Waals surface area contributed by atoms with Gasteiger partial charge in [0.2, 0.25) is 0 Å². The maximum absolute atomic E-state index is 12.1. The van der Waals surface area contributed by atoms with Gasteiger partial charge in [0.25, 0.3) is 0 Å². The van der Waals surface area contributed by atoms with Crippen molar-refractivity contribution >= 4 is 34.6 Å². The molecule has 0 atom stereocenters. The zero-order valence-electron chi connectivity index (χ0n) is 37.5. The lowest BCUT2D eigenvalue weighted by atomic mass is 9.71. The van der Waals surface area contributed by atoms with Crippen molar-refractivity contribution in [3.8, 4) is 64.4 Å². The molecule has 334 valence electrons. The van der Waals surface area contributed by atoms with Gasteiger partial charge in [-0.1, -0.05) is 77.3 Å². The first-order chi connectivity index (χ1) is 31.7. The van der Waals surface area contributed by atoms with E-state index < -0.39 is 12.2 Å². The molecule has 0 saturated carbocycles. The van der Waals surface area contributed by atoms with E-state index in [0.717, 1.165) is 48.3 Å². The Kier molecular flexibility index (Phi) is 15.9. The summed E-state index contributed by atoms with van der Waals surface area (Å²) in [5, 5.41) is 0. The Morgan fingerprint density at radius 1 is 0.523 bits per heavy atom. The van der Waals surface area contributed by atoms with Crippen molar-refractivity contribution in [3.63, 3.8) is 0 Å². The first-order valence-corrected chi connectivity index (χ1v) is 24.2. The summed E-state index contributed by atoms with van der Waals surface area (Å²) in [6.45, 7) is 20.1. The number of benzene rings is 4. The monoisotopic (exact) mass is 902 g/mol. The largest absolute Gasteiger partial charge is 0.494 e. The molecule has 0 spiro atoms. The number of thiophene rings is 2. The van der Waals surface area contributed by atoms with Crippen molar-refractivity contribution in [1.29, 1.82) is 0 Å². The van der Waals surface area contributed by atoms with Crippen molar-refractivity contribution in [2.75, 3.05) is 13.2 Å². The second-order valence-electron chi connectivity index (χ2n) is 16.2. The highest BCUT2D eigenvalue weighted by molar-refractivity contribution is 7.19. The molecule has 6 aromatic rings. The normalized spacial score (nSPS) is 12.3. The Morgan fingerprint density at radius 2 is 0.877 bits per heavy atom. The third kappa shape index (κ3) is 11.0. The summed E-state index contributed by atoms with van der Waals surface area (Å²) in [6, 6.07) is 39.5. The van der Waals surface area contributed by atoms with Gasteiger partial charge in [-0.3, -0.25) is 9.59 Å². The summed E-state index contributed by atoms with van der Waals surface area (Å²) in [6.07, 6.45) is 11.3. The predicted octanol–water partition coefficient (Wildman–Crippen LogP) is 15.2. The van der Waals surface area contributed by atoms with E-state index in [1.54, 1.807) is 24.3 Å². The highest BCUT2D eigenvalue weighted by atomic mass is 32.1. The van der Waals surface area contributed by atoms with Gasteiger partial charge < -0.3 is 18.9 Å². The van der Waals surface area contributed by atoms with Crippen molar-refractivity contribution < 1.29 is 28.5 Å². The van der Waals surface area contributed by atoms with Gasteiger partial charge >= 0.3 is 11.9 Å². The van der Waals surface area contributed by atoms with Crippen LogP contribution in [0.4, 0.5) is 0 Å². The van der Waals surface area contributed by atoms with Crippen molar-refractivity contribution in [3.05, 3.63) is 171 Å². The molecule has 1 aliphatic carbocycles. The molecule has 6 nitrogen and oxygen atoms in total. The van der Waals surface area contributed by atoms with Gasteiger partial charge in [-0.2, -0.15) is 0 Å². The van der Waals surface area contributed by atoms with Crippen LogP contribution in [0.15, 0.2) is 160 Å². The predicted molar refractivity (Wildman–Crippen MR) is 270 cm³/mol. The molecule has 0 fully saturated rings. The Morgan fingerprint density at radius 3 is 1.23 bits per heavy atom. The summed E-state index contributed by atoms with van der Waals surface area (Å²) in [5.41, 5.74) is 10.3. The van der Waals surface area contributed by atoms with Gasteiger partial charge in [0.1, 0.15) is 23.7 Å². The second-order valence-corrected chi connectivity index (χ2v) is 18.4. The number of ether oxygens (including phenoxy) is 4. The fourth-order valence-corrected chi connectivity index (χ4v) is 10.7. The van der Waals surface area contributed by atoms with Crippen LogP contribution in [0, 0.1) is 0 Å². The summed E-state index contributed by atoms with van der Waals surface area (Å²) >= 11 is 3.62. The number of esters is 2. The lowest BCUT2D eigenvalue weighted by Gasteiger charge is -2.32. The maximum Gasteiger partial charge on any atom is 0.306 e. The van der Waals surface area contributed by atoms with E-state index in [1.165, 1.54) is 52.9 Å². The molecular formula is C57H58O6S2. The Bertz CT molecular complexity index is 2420.